The first kappa shape index (κ1) is 14.5. The van der Waals surface area contributed by atoms with Crippen molar-refractivity contribution < 1.29 is 9.47 Å². The molecule has 2 aromatic rings. The second-order valence-electron chi connectivity index (χ2n) is 4.49. The molecule has 0 fully saturated rings. The predicted octanol–water partition coefficient (Wildman–Crippen LogP) is 2.93. The van der Waals surface area contributed by atoms with E-state index >= 15 is 0 Å². The molecule has 0 radical (unpaired) electrons. The Labute approximate surface area is 124 Å². The number of anilines is 3. The minimum Gasteiger partial charge on any atom is -0.493 e. The Bertz CT molecular complexity index is 692. The van der Waals surface area contributed by atoms with E-state index in [0.717, 1.165) is 11.4 Å². The Morgan fingerprint density at radius 3 is 2.38 bits per heavy atom. The highest BCUT2D eigenvalue weighted by Crippen LogP contribution is 2.38. The van der Waals surface area contributed by atoms with Crippen molar-refractivity contribution in [3.05, 3.63) is 42.0 Å². The molecule has 0 amide bonds. The molecule has 108 valence electrons. The molecule has 5 nitrogen and oxygen atoms in total. The minimum atomic E-state index is 0.567. The fourth-order valence-electron chi connectivity index (χ4n) is 2.10. The van der Waals surface area contributed by atoms with Gasteiger partial charge in [0.25, 0.3) is 0 Å². The molecule has 2 N–H and O–H groups in total. The smallest absolute Gasteiger partial charge is 0.162 e. The van der Waals surface area contributed by atoms with Crippen molar-refractivity contribution in [3.63, 3.8) is 0 Å². The van der Waals surface area contributed by atoms with Crippen LogP contribution in [0.1, 0.15) is 5.56 Å². The summed E-state index contributed by atoms with van der Waals surface area (Å²) < 4.78 is 10.5. The molecule has 21 heavy (non-hydrogen) atoms. The summed E-state index contributed by atoms with van der Waals surface area (Å²) in [7, 11) is 5.03. The Morgan fingerprint density at radius 1 is 1.10 bits per heavy atom. The van der Waals surface area contributed by atoms with Crippen LogP contribution in [0.5, 0.6) is 11.5 Å². The van der Waals surface area contributed by atoms with Gasteiger partial charge in [-0.15, -0.1) is 0 Å². The lowest BCUT2D eigenvalue weighted by Crippen LogP contribution is -2.12. The van der Waals surface area contributed by atoms with Gasteiger partial charge in [-0.2, -0.15) is 5.26 Å². The molecular formula is C16H17N3O2. The Balaban J connectivity index is 2.47. The number of ether oxygens (including phenoxy) is 2. The number of nitrogens with zero attached hydrogens (tertiary/aromatic N) is 2. The van der Waals surface area contributed by atoms with Crippen LogP contribution in [-0.4, -0.2) is 21.3 Å². The SMILES string of the molecule is COc1cc(N)c(N(C)c2cccc(C#N)c2)cc1OC. The van der Waals surface area contributed by atoms with Gasteiger partial charge in [0.1, 0.15) is 0 Å². The van der Waals surface area contributed by atoms with Gasteiger partial charge in [0.15, 0.2) is 11.5 Å². The summed E-state index contributed by atoms with van der Waals surface area (Å²) in [5.41, 5.74) is 8.90. The first-order valence-electron chi connectivity index (χ1n) is 6.36. The third-order valence-corrected chi connectivity index (χ3v) is 3.26. The monoisotopic (exact) mass is 283 g/mol. The van der Waals surface area contributed by atoms with E-state index < -0.39 is 0 Å². The molecular weight excluding hydrogens is 266 g/mol. The van der Waals surface area contributed by atoms with Gasteiger partial charge in [-0.25, -0.2) is 0 Å². The van der Waals surface area contributed by atoms with Crippen LogP contribution in [0.2, 0.25) is 0 Å². The van der Waals surface area contributed by atoms with Crippen LogP contribution < -0.4 is 20.1 Å². The van der Waals surface area contributed by atoms with Gasteiger partial charge >= 0.3 is 0 Å². The first-order chi connectivity index (χ1) is 10.1. The lowest BCUT2D eigenvalue weighted by molar-refractivity contribution is 0.355. The molecule has 0 saturated carbocycles. The largest absolute Gasteiger partial charge is 0.493 e. The van der Waals surface area contributed by atoms with Gasteiger partial charge in [-0.1, -0.05) is 6.07 Å². The van der Waals surface area contributed by atoms with Gasteiger partial charge in [-0.05, 0) is 18.2 Å². The second-order valence-corrected chi connectivity index (χ2v) is 4.49. The zero-order valence-corrected chi connectivity index (χ0v) is 12.3. The van der Waals surface area contributed by atoms with E-state index in [2.05, 4.69) is 6.07 Å². The van der Waals surface area contributed by atoms with E-state index in [1.807, 2.05) is 30.1 Å². The Kier molecular flexibility index (Phi) is 4.19. The summed E-state index contributed by atoms with van der Waals surface area (Å²) in [5, 5.41) is 8.99. The first-order valence-corrected chi connectivity index (χ1v) is 6.36. The summed E-state index contributed by atoms with van der Waals surface area (Å²) in [6, 6.07) is 13.0. The number of nitrogens with two attached hydrogens (primary N) is 1. The van der Waals surface area contributed by atoms with Crippen LogP contribution >= 0.6 is 0 Å². The van der Waals surface area contributed by atoms with E-state index in [1.54, 1.807) is 32.4 Å². The van der Waals surface area contributed by atoms with E-state index in [9.17, 15) is 0 Å². The Morgan fingerprint density at radius 2 is 1.76 bits per heavy atom. The summed E-state index contributed by atoms with van der Waals surface area (Å²) in [5.74, 6) is 1.18. The number of nitrogen functional groups attached to an aromatic ring is 1. The van der Waals surface area contributed by atoms with Crippen LogP contribution in [0.15, 0.2) is 36.4 Å². The molecule has 0 aromatic heterocycles. The van der Waals surface area contributed by atoms with Crippen LogP contribution in [0.3, 0.4) is 0 Å². The Hall–Kier alpha value is -2.87. The van der Waals surface area contributed by atoms with Crippen molar-refractivity contribution in [1.29, 1.82) is 5.26 Å². The van der Waals surface area contributed by atoms with Gasteiger partial charge in [-0.3, -0.25) is 0 Å². The van der Waals surface area contributed by atoms with Crippen LogP contribution in [0.25, 0.3) is 0 Å². The second kappa shape index (κ2) is 6.06. The van der Waals surface area contributed by atoms with Gasteiger partial charge in [0, 0.05) is 24.9 Å². The number of rotatable bonds is 4. The highest BCUT2D eigenvalue weighted by molar-refractivity contribution is 5.78. The molecule has 0 unspecified atom stereocenters. The topological polar surface area (TPSA) is 71.5 Å². The molecule has 0 saturated heterocycles. The number of benzene rings is 2. The molecule has 0 aliphatic heterocycles. The van der Waals surface area contributed by atoms with E-state index in [0.29, 0.717) is 22.7 Å². The van der Waals surface area contributed by atoms with Crippen LogP contribution in [0, 0.1) is 11.3 Å². The molecule has 0 bridgehead atoms. The molecule has 0 atom stereocenters. The average molecular weight is 283 g/mol. The van der Waals surface area contributed by atoms with Crippen molar-refractivity contribution in [2.24, 2.45) is 0 Å². The van der Waals surface area contributed by atoms with Crippen molar-refractivity contribution in [2.75, 3.05) is 31.9 Å². The summed E-state index contributed by atoms with van der Waals surface area (Å²) in [4.78, 5) is 1.90. The van der Waals surface area contributed by atoms with Crippen LogP contribution in [-0.2, 0) is 0 Å². The third kappa shape index (κ3) is 2.84. The maximum atomic E-state index is 8.99. The molecule has 0 heterocycles. The maximum Gasteiger partial charge on any atom is 0.162 e. The fraction of sp³-hybridized carbons (Fsp3) is 0.188. The summed E-state index contributed by atoms with van der Waals surface area (Å²) in [6.07, 6.45) is 0. The molecule has 0 aliphatic rings. The number of nitriles is 1. The van der Waals surface area contributed by atoms with E-state index in [1.165, 1.54) is 0 Å². The van der Waals surface area contributed by atoms with Crippen molar-refractivity contribution in [2.45, 2.75) is 0 Å². The van der Waals surface area contributed by atoms with Gasteiger partial charge in [0.05, 0.1) is 37.2 Å². The average Bonchev–Trinajstić information content (AvgIpc) is 2.53. The van der Waals surface area contributed by atoms with E-state index in [4.69, 9.17) is 20.5 Å². The number of hydrogen-bond acceptors (Lipinski definition) is 5. The fourth-order valence-corrected chi connectivity index (χ4v) is 2.10. The summed E-state index contributed by atoms with van der Waals surface area (Å²) >= 11 is 0. The standard InChI is InChI=1S/C16H17N3O2/c1-19(12-6-4-5-11(7-12)10-17)14-9-16(21-3)15(20-2)8-13(14)18/h4-9H,18H2,1-3H3. The molecule has 0 aliphatic carbocycles. The normalized spacial score (nSPS) is 9.81. The molecule has 2 aromatic carbocycles. The molecule has 5 heteroatoms. The van der Waals surface area contributed by atoms with Crippen LogP contribution in [0.4, 0.5) is 17.1 Å². The van der Waals surface area contributed by atoms with Crippen molar-refractivity contribution >= 4 is 17.1 Å². The maximum absolute atomic E-state index is 8.99. The zero-order valence-electron chi connectivity index (χ0n) is 12.3. The summed E-state index contributed by atoms with van der Waals surface area (Å²) in [6.45, 7) is 0. The third-order valence-electron chi connectivity index (χ3n) is 3.26. The zero-order chi connectivity index (χ0) is 15.4. The quantitative estimate of drug-likeness (QED) is 0.873. The number of hydrogen-bond donors (Lipinski definition) is 1. The highest BCUT2D eigenvalue weighted by Gasteiger charge is 2.13. The highest BCUT2D eigenvalue weighted by atomic mass is 16.5. The van der Waals surface area contributed by atoms with Crippen molar-refractivity contribution in [3.8, 4) is 17.6 Å². The van der Waals surface area contributed by atoms with Gasteiger partial charge in [0.2, 0.25) is 0 Å². The lowest BCUT2D eigenvalue weighted by Gasteiger charge is -2.23. The van der Waals surface area contributed by atoms with Gasteiger partial charge < -0.3 is 20.1 Å². The van der Waals surface area contributed by atoms with Crippen molar-refractivity contribution in [1.82, 2.24) is 0 Å². The molecule has 2 rings (SSSR count). The number of methoxy groups -OCH3 is 2. The predicted molar refractivity (Wildman–Crippen MR) is 83.2 cm³/mol. The van der Waals surface area contributed by atoms with E-state index in [-0.39, 0.29) is 0 Å². The molecule has 0 spiro atoms. The lowest BCUT2D eigenvalue weighted by atomic mass is 10.1. The minimum absolute atomic E-state index is 0.567.